The highest BCUT2D eigenvalue weighted by Crippen LogP contribution is 2.19. The van der Waals surface area contributed by atoms with Crippen LogP contribution < -0.4 is 5.56 Å². The van der Waals surface area contributed by atoms with Crippen molar-refractivity contribution >= 4 is 16.8 Å². The van der Waals surface area contributed by atoms with Crippen molar-refractivity contribution in [2.45, 2.75) is 40.7 Å². The molecular weight excluding hydrogens is 326 g/mol. The minimum Gasteiger partial charge on any atom is -0.340 e. The smallest absolute Gasteiger partial charge is 0.252 e. The molecule has 1 saturated heterocycles. The van der Waals surface area contributed by atoms with Gasteiger partial charge in [0.15, 0.2) is 0 Å². The minimum atomic E-state index is -0.00971. The third-order valence-electron chi connectivity index (χ3n) is 5.33. The second-order valence-corrected chi connectivity index (χ2v) is 7.85. The molecule has 1 aromatic heterocycles. The molecule has 3 rings (SSSR count). The van der Waals surface area contributed by atoms with Gasteiger partial charge in [-0.05, 0) is 42.3 Å². The van der Waals surface area contributed by atoms with Crippen molar-refractivity contribution in [1.29, 1.82) is 0 Å². The molecule has 26 heavy (non-hydrogen) atoms. The molecule has 0 atom stereocenters. The van der Waals surface area contributed by atoms with E-state index in [1.807, 2.05) is 17.9 Å². The summed E-state index contributed by atoms with van der Waals surface area (Å²) in [6.07, 6.45) is 0.614. The van der Waals surface area contributed by atoms with Crippen LogP contribution in [0.15, 0.2) is 23.0 Å². The molecule has 1 fully saturated rings. The summed E-state index contributed by atoms with van der Waals surface area (Å²) >= 11 is 0. The van der Waals surface area contributed by atoms with Crippen LogP contribution in [0, 0.1) is 19.8 Å². The van der Waals surface area contributed by atoms with E-state index in [2.05, 4.69) is 42.8 Å². The molecule has 1 N–H and O–H groups in total. The molecule has 1 aliphatic rings. The first-order valence-corrected chi connectivity index (χ1v) is 9.47. The number of piperazine rings is 1. The number of pyridine rings is 1. The van der Waals surface area contributed by atoms with Gasteiger partial charge < -0.3 is 9.88 Å². The number of hydrogen-bond acceptors (Lipinski definition) is 3. The number of fused-ring (bicyclic) bond motifs is 1. The Hall–Kier alpha value is -2.14. The SMILES string of the molecule is Cc1ccc2cc(CN3CCN(C(=O)CC(C)C)CC3)c(=O)[nH]c2c1C. The Balaban J connectivity index is 1.69. The molecule has 1 amide bonds. The van der Waals surface area contributed by atoms with Gasteiger partial charge in [0.05, 0.1) is 5.52 Å². The molecule has 0 saturated carbocycles. The number of nitrogens with zero attached hydrogens (tertiary/aromatic N) is 2. The van der Waals surface area contributed by atoms with Gasteiger partial charge in [0.2, 0.25) is 5.91 Å². The standard InChI is InChI=1S/C21H29N3O2/c1-14(2)11-19(25)24-9-7-23(8-10-24)13-18-12-17-6-5-15(3)16(4)20(17)22-21(18)26/h5-6,12,14H,7-11,13H2,1-4H3,(H,22,26). The maximum Gasteiger partial charge on any atom is 0.252 e. The summed E-state index contributed by atoms with van der Waals surface area (Å²) in [7, 11) is 0. The highest BCUT2D eigenvalue weighted by atomic mass is 16.2. The van der Waals surface area contributed by atoms with Crippen molar-refractivity contribution in [2.24, 2.45) is 5.92 Å². The second-order valence-electron chi connectivity index (χ2n) is 7.85. The molecule has 1 aromatic carbocycles. The lowest BCUT2D eigenvalue weighted by atomic mass is 10.0. The van der Waals surface area contributed by atoms with Crippen LogP contribution in [0.2, 0.25) is 0 Å². The van der Waals surface area contributed by atoms with Crippen molar-refractivity contribution in [1.82, 2.24) is 14.8 Å². The molecule has 0 spiro atoms. The van der Waals surface area contributed by atoms with Gasteiger partial charge in [-0.25, -0.2) is 0 Å². The van der Waals surface area contributed by atoms with Gasteiger partial charge in [-0.3, -0.25) is 14.5 Å². The van der Waals surface area contributed by atoms with Gasteiger partial charge >= 0.3 is 0 Å². The number of benzene rings is 1. The second kappa shape index (κ2) is 7.62. The highest BCUT2D eigenvalue weighted by molar-refractivity contribution is 5.83. The zero-order chi connectivity index (χ0) is 18.8. The summed E-state index contributed by atoms with van der Waals surface area (Å²) in [6.45, 7) is 12.0. The summed E-state index contributed by atoms with van der Waals surface area (Å²) in [4.78, 5) is 32.0. The van der Waals surface area contributed by atoms with E-state index in [1.165, 1.54) is 5.56 Å². The first-order chi connectivity index (χ1) is 12.3. The lowest BCUT2D eigenvalue weighted by molar-refractivity contribution is -0.133. The Morgan fingerprint density at radius 3 is 2.50 bits per heavy atom. The summed E-state index contributed by atoms with van der Waals surface area (Å²) in [5.74, 6) is 0.637. The number of amides is 1. The van der Waals surface area contributed by atoms with Crippen molar-refractivity contribution < 1.29 is 4.79 Å². The van der Waals surface area contributed by atoms with E-state index in [4.69, 9.17) is 0 Å². The summed E-state index contributed by atoms with van der Waals surface area (Å²) in [5, 5.41) is 1.08. The van der Waals surface area contributed by atoms with Crippen molar-refractivity contribution in [3.63, 3.8) is 0 Å². The molecule has 2 aromatic rings. The molecule has 140 valence electrons. The molecule has 5 nitrogen and oxygen atoms in total. The predicted molar refractivity (Wildman–Crippen MR) is 105 cm³/mol. The lowest BCUT2D eigenvalue weighted by Gasteiger charge is -2.35. The van der Waals surface area contributed by atoms with Crippen LogP contribution in [0.25, 0.3) is 10.9 Å². The Kier molecular flexibility index (Phi) is 5.47. The summed E-state index contributed by atoms with van der Waals surface area (Å²) < 4.78 is 0. The number of aryl methyl sites for hydroxylation is 2. The number of hydrogen-bond donors (Lipinski definition) is 1. The fraction of sp³-hybridized carbons (Fsp3) is 0.524. The Morgan fingerprint density at radius 2 is 1.85 bits per heavy atom. The Bertz CT molecular complexity index is 861. The van der Waals surface area contributed by atoms with Crippen LogP contribution in [0.5, 0.6) is 0 Å². The van der Waals surface area contributed by atoms with E-state index < -0.39 is 0 Å². The van der Waals surface area contributed by atoms with Gasteiger partial charge in [0, 0.05) is 44.7 Å². The normalized spacial score (nSPS) is 15.8. The zero-order valence-corrected chi connectivity index (χ0v) is 16.3. The van der Waals surface area contributed by atoms with Crippen LogP contribution in [-0.2, 0) is 11.3 Å². The van der Waals surface area contributed by atoms with E-state index in [-0.39, 0.29) is 11.5 Å². The average molecular weight is 355 g/mol. The Morgan fingerprint density at radius 1 is 1.15 bits per heavy atom. The number of carbonyl (C=O) groups excluding carboxylic acids is 1. The molecule has 0 aliphatic carbocycles. The largest absolute Gasteiger partial charge is 0.340 e. The molecule has 2 heterocycles. The van der Waals surface area contributed by atoms with Crippen molar-refractivity contribution in [2.75, 3.05) is 26.2 Å². The monoisotopic (exact) mass is 355 g/mol. The molecule has 0 radical (unpaired) electrons. The lowest BCUT2D eigenvalue weighted by Crippen LogP contribution is -2.48. The molecule has 0 bridgehead atoms. The van der Waals surface area contributed by atoms with Crippen LogP contribution in [0.4, 0.5) is 0 Å². The van der Waals surface area contributed by atoms with Crippen LogP contribution in [0.3, 0.4) is 0 Å². The van der Waals surface area contributed by atoms with E-state index >= 15 is 0 Å². The molecule has 1 aliphatic heterocycles. The number of nitrogens with one attached hydrogen (secondary N) is 1. The van der Waals surface area contributed by atoms with E-state index in [1.54, 1.807) is 0 Å². The summed E-state index contributed by atoms with van der Waals surface area (Å²) in [6, 6.07) is 6.18. The minimum absolute atomic E-state index is 0.00971. The number of aromatic amines is 1. The first kappa shape index (κ1) is 18.6. The maximum atomic E-state index is 12.5. The van der Waals surface area contributed by atoms with Crippen LogP contribution in [0.1, 0.15) is 37.0 Å². The fourth-order valence-electron chi connectivity index (χ4n) is 3.56. The van der Waals surface area contributed by atoms with Gasteiger partial charge in [-0.1, -0.05) is 26.0 Å². The van der Waals surface area contributed by atoms with Gasteiger partial charge in [0.1, 0.15) is 0 Å². The number of rotatable bonds is 4. The summed E-state index contributed by atoms with van der Waals surface area (Å²) in [5.41, 5.74) is 4.03. The zero-order valence-electron chi connectivity index (χ0n) is 16.3. The van der Waals surface area contributed by atoms with Gasteiger partial charge in [0.25, 0.3) is 5.56 Å². The number of carbonyl (C=O) groups is 1. The first-order valence-electron chi connectivity index (χ1n) is 9.47. The van der Waals surface area contributed by atoms with Gasteiger partial charge in [-0.2, -0.15) is 0 Å². The quantitative estimate of drug-likeness (QED) is 0.917. The van der Waals surface area contributed by atoms with Gasteiger partial charge in [-0.15, -0.1) is 0 Å². The number of aromatic nitrogens is 1. The number of H-pyrrole nitrogens is 1. The van der Waals surface area contributed by atoms with E-state index in [0.717, 1.165) is 48.2 Å². The maximum absolute atomic E-state index is 12.5. The average Bonchev–Trinajstić information content (AvgIpc) is 2.60. The van der Waals surface area contributed by atoms with E-state index in [9.17, 15) is 9.59 Å². The molecule has 0 unspecified atom stereocenters. The third-order valence-corrected chi connectivity index (χ3v) is 5.33. The topological polar surface area (TPSA) is 56.4 Å². The molecular formula is C21H29N3O2. The third kappa shape index (κ3) is 3.98. The van der Waals surface area contributed by atoms with Crippen LogP contribution in [-0.4, -0.2) is 46.9 Å². The van der Waals surface area contributed by atoms with Crippen LogP contribution >= 0.6 is 0 Å². The fourth-order valence-corrected chi connectivity index (χ4v) is 3.56. The Labute approximate surface area is 155 Å². The van der Waals surface area contributed by atoms with Crippen molar-refractivity contribution in [3.05, 3.63) is 45.2 Å². The van der Waals surface area contributed by atoms with Crippen molar-refractivity contribution in [3.8, 4) is 0 Å². The highest BCUT2D eigenvalue weighted by Gasteiger charge is 2.22. The predicted octanol–water partition coefficient (Wildman–Crippen LogP) is 2.84. The molecule has 5 heteroatoms. The van der Waals surface area contributed by atoms with E-state index in [0.29, 0.717) is 18.9 Å².